The molecule has 0 bridgehead atoms. The van der Waals surface area contributed by atoms with Gasteiger partial charge in [0, 0.05) is 18.7 Å². The second-order valence-electron chi connectivity index (χ2n) is 7.18. The fourth-order valence-corrected chi connectivity index (χ4v) is 4.06. The second kappa shape index (κ2) is 11.0. The van der Waals surface area contributed by atoms with Crippen molar-refractivity contribution in [2.45, 2.75) is 32.7 Å². The van der Waals surface area contributed by atoms with Crippen LogP contribution in [0.2, 0.25) is 0 Å². The predicted molar refractivity (Wildman–Crippen MR) is 112 cm³/mol. The molecule has 1 aliphatic rings. The zero-order chi connectivity index (χ0) is 22.1. The van der Waals surface area contributed by atoms with Gasteiger partial charge in [0.25, 0.3) is 5.91 Å². The van der Waals surface area contributed by atoms with E-state index in [1.807, 2.05) is 0 Å². The topological polar surface area (TPSA) is 122 Å². The van der Waals surface area contributed by atoms with Crippen molar-refractivity contribution in [2.24, 2.45) is 0 Å². The van der Waals surface area contributed by atoms with Gasteiger partial charge in [-0.15, -0.1) is 0 Å². The van der Waals surface area contributed by atoms with Gasteiger partial charge in [-0.25, -0.2) is 8.42 Å². The highest BCUT2D eigenvalue weighted by molar-refractivity contribution is 7.91. The molecule has 3 amide bonds. The van der Waals surface area contributed by atoms with Crippen molar-refractivity contribution in [3.63, 3.8) is 0 Å². The molecule has 1 heterocycles. The molecule has 0 spiro atoms. The second-order valence-corrected chi connectivity index (χ2v) is 9.48. The molecular formula is C20H29N3O6S. The summed E-state index contributed by atoms with van der Waals surface area (Å²) in [6, 6.07) is 5.82. The van der Waals surface area contributed by atoms with Gasteiger partial charge in [-0.3, -0.25) is 14.4 Å². The minimum atomic E-state index is -3.09. The van der Waals surface area contributed by atoms with Crippen LogP contribution in [0.3, 0.4) is 0 Å². The van der Waals surface area contributed by atoms with E-state index in [4.69, 9.17) is 4.74 Å². The monoisotopic (exact) mass is 439 g/mol. The summed E-state index contributed by atoms with van der Waals surface area (Å²) < 4.78 is 28.5. The van der Waals surface area contributed by atoms with E-state index in [0.29, 0.717) is 17.9 Å². The fraction of sp³-hybridized carbons (Fsp3) is 0.550. The van der Waals surface area contributed by atoms with Crippen LogP contribution in [0.15, 0.2) is 24.3 Å². The molecule has 9 nitrogen and oxygen atoms in total. The highest BCUT2D eigenvalue weighted by atomic mass is 32.2. The Balaban J connectivity index is 1.75. The van der Waals surface area contributed by atoms with Crippen molar-refractivity contribution in [3.05, 3.63) is 29.8 Å². The van der Waals surface area contributed by atoms with Crippen LogP contribution in [0, 0.1) is 0 Å². The summed E-state index contributed by atoms with van der Waals surface area (Å²) in [5.74, 6) is -0.729. The van der Waals surface area contributed by atoms with Gasteiger partial charge in [0.2, 0.25) is 11.8 Å². The lowest BCUT2D eigenvalue weighted by Gasteiger charge is -2.29. The summed E-state index contributed by atoms with van der Waals surface area (Å²) >= 11 is 0. The quantitative estimate of drug-likeness (QED) is 0.536. The van der Waals surface area contributed by atoms with Gasteiger partial charge in [-0.2, -0.15) is 0 Å². The van der Waals surface area contributed by atoms with E-state index in [1.165, 1.54) is 11.8 Å². The number of unbranched alkanes of at least 4 members (excludes halogenated alkanes) is 1. The van der Waals surface area contributed by atoms with Crippen molar-refractivity contribution in [1.82, 2.24) is 15.5 Å². The SMILES string of the molecule is CCCCOc1ccc(C(=O)NCC(=O)NC(C)C(=O)N2CCS(=O)(=O)CC2)cc1. The summed E-state index contributed by atoms with van der Waals surface area (Å²) in [7, 11) is -3.09. The van der Waals surface area contributed by atoms with E-state index >= 15 is 0 Å². The minimum Gasteiger partial charge on any atom is -0.494 e. The van der Waals surface area contributed by atoms with Crippen LogP contribution in [0.1, 0.15) is 37.0 Å². The smallest absolute Gasteiger partial charge is 0.251 e. The Morgan fingerprint density at radius 3 is 2.37 bits per heavy atom. The van der Waals surface area contributed by atoms with Crippen molar-refractivity contribution < 1.29 is 27.5 Å². The average molecular weight is 440 g/mol. The number of hydrogen-bond acceptors (Lipinski definition) is 6. The van der Waals surface area contributed by atoms with Gasteiger partial charge in [0.1, 0.15) is 11.8 Å². The number of sulfone groups is 1. The highest BCUT2D eigenvalue weighted by Crippen LogP contribution is 2.12. The van der Waals surface area contributed by atoms with Crippen molar-refractivity contribution in [3.8, 4) is 5.75 Å². The Morgan fingerprint density at radius 2 is 1.77 bits per heavy atom. The Hall–Kier alpha value is -2.62. The number of rotatable bonds is 9. The molecule has 1 fully saturated rings. The number of nitrogens with zero attached hydrogens (tertiary/aromatic N) is 1. The molecule has 1 aromatic rings. The highest BCUT2D eigenvalue weighted by Gasteiger charge is 2.28. The molecular weight excluding hydrogens is 410 g/mol. The van der Waals surface area contributed by atoms with E-state index in [9.17, 15) is 22.8 Å². The van der Waals surface area contributed by atoms with E-state index in [1.54, 1.807) is 24.3 Å². The molecule has 0 aliphatic carbocycles. The maximum atomic E-state index is 12.3. The summed E-state index contributed by atoms with van der Waals surface area (Å²) in [6.07, 6.45) is 1.99. The summed E-state index contributed by atoms with van der Waals surface area (Å²) in [5.41, 5.74) is 0.393. The molecule has 2 N–H and O–H groups in total. The molecule has 0 radical (unpaired) electrons. The molecule has 166 valence electrons. The van der Waals surface area contributed by atoms with Gasteiger partial charge >= 0.3 is 0 Å². The lowest BCUT2D eigenvalue weighted by Crippen LogP contribution is -2.52. The van der Waals surface area contributed by atoms with E-state index < -0.39 is 27.7 Å². The van der Waals surface area contributed by atoms with Crippen molar-refractivity contribution in [2.75, 3.05) is 37.7 Å². The summed E-state index contributed by atoms with van der Waals surface area (Å²) in [4.78, 5) is 38.0. The van der Waals surface area contributed by atoms with Gasteiger partial charge in [0.15, 0.2) is 9.84 Å². The van der Waals surface area contributed by atoms with Crippen molar-refractivity contribution >= 4 is 27.6 Å². The Labute approximate surface area is 177 Å². The summed E-state index contributed by atoms with van der Waals surface area (Å²) in [5, 5.41) is 5.04. The van der Waals surface area contributed by atoms with Gasteiger partial charge < -0.3 is 20.3 Å². The van der Waals surface area contributed by atoms with Crippen LogP contribution in [0.4, 0.5) is 0 Å². The third-order valence-corrected chi connectivity index (χ3v) is 6.31. The van der Waals surface area contributed by atoms with Gasteiger partial charge in [0.05, 0.1) is 24.7 Å². The van der Waals surface area contributed by atoms with E-state index in [0.717, 1.165) is 12.8 Å². The number of benzene rings is 1. The zero-order valence-electron chi connectivity index (χ0n) is 17.3. The Bertz CT molecular complexity index is 840. The van der Waals surface area contributed by atoms with E-state index in [2.05, 4.69) is 17.6 Å². The number of carbonyl (C=O) groups excluding carboxylic acids is 3. The molecule has 1 saturated heterocycles. The standard InChI is InChI=1S/C20H29N3O6S/c1-3-4-11-29-17-7-5-16(6-8-17)19(25)21-14-18(24)22-15(2)20(26)23-9-12-30(27,28)13-10-23/h5-8,15H,3-4,9-14H2,1-2H3,(H,21,25)(H,22,24). The zero-order valence-corrected chi connectivity index (χ0v) is 18.2. The maximum absolute atomic E-state index is 12.3. The number of hydrogen-bond donors (Lipinski definition) is 2. The molecule has 0 saturated carbocycles. The number of nitrogens with one attached hydrogen (secondary N) is 2. The molecule has 1 atom stereocenters. The number of ether oxygens (including phenoxy) is 1. The fourth-order valence-electron chi connectivity index (χ4n) is 2.86. The first kappa shape index (κ1) is 23.7. The minimum absolute atomic E-state index is 0.0715. The molecule has 1 unspecified atom stereocenters. The van der Waals surface area contributed by atoms with Crippen LogP contribution in [0.5, 0.6) is 5.75 Å². The van der Waals surface area contributed by atoms with Gasteiger partial charge in [-0.1, -0.05) is 13.3 Å². The third kappa shape index (κ3) is 7.33. The van der Waals surface area contributed by atoms with Gasteiger partial charge in [-0.05, 0) is 37.6 Å². The van der Waals surface area contributed by atoms with Crippen LogP contribution in [0.25, 0.3) is 0 Å². The van der Waals surface area contributed by atoms with Crippen LogP contribution in [-0.2, 0) is 19.4 Å². The van der Waals surface area contributed by atoms with Crippen LogP contribution < -0.4 is 15.4 Å². The molecule has 1 aliphatic heterocycles. The van der Waals surface area contributed by atoms with Crippen molar-refractivity contribution in [1.29, 1.82) is 0 Å². The molecule has 2 rings (SSSR count). The molecule has 10 heteroatoms. The molecule has 1 aromatic carbocycles. The lowest BCUT2D eigenvalue weighted by atomic mass is 10.2. The number of amides is 3. The molecule has 30 heavy (non-hydrogen) atoms. The maximum Gasteiger partial charge on any atom is 0.251 e. The Kier molecular flexibility index (Phi) is 8.64. The summed E-state index contributed by atoms with van der Waals surface area (Å²) in [6.45, 7) is 4.19. The average Bonchev–Trinajstić information content (AvgIpc) is 2.72. The third-order valence-electron chi connectivity index (χ3n) is 4.70. The number of carbonyl (C=O) groups is 3. The largest absolute Gasteiger partial charge is 0.494 e. The van der Waals surface area contributed by atoms with Crippen LogP contribution >= 0.6 is 0 Å². The lowest BCUT2D eigenvalue weighted by molar-refractivity contribution is -0.135. The Morgan fingerprint density at radius 1 is 1.13 bits per heavy atom. The van der Waals surface area contributed by atoms with Crippen LogP contribution in [-0.4, -0.2) is 74.8 Å². The predicted octanol–water partition coefficient (Wildman–Crippen LogP) is 0.357. The first-order valence-corrected chi connectivity index (χ1v) is 11.8. The first-order chi connectivity index (χ1) is 14.2. The molecule has 0 aromatic heterocycles. The van der Waals surface area contributed by atoms with E-state index in [-0.39, 0.29) is 37.0 Å². The first-order valence-electron chi connectivity index (χ1n) is 10.0. The normalized spacial score (nSPS) is 16.4.